The van der Waals surface area contributed by atoms with Crippen LogP contribution in [0.15, 0.2) is 0 Å². The molecule has 0 heterocycles. The average molecular weight is 288 g/mol. The van der Waals surface area contributed by atoms with Gasteiger partial charge in [0, 0.05) is 20.1 Å². The maximum atomic E-state index is 11.6. The zero-order valence-corrected chi connectivity index (χ0v) is 11.4. The lowest BCUT2D eigenvalue weighted by molar-refractivity contribution is 0.452. The first-order valence-electron chi connectivity index (χ1n) is 5.10. The predicted molar refractivity (Wildman–Crippen MR) is 65.8 cm³/mol. The minimum absolute atomic E-state index is 0.0335. The molecule has 0 aliphatic rings. The molecule has 104 valence electrons. The summed E-state index contributed by atoms with van der Waals surface area (Å²) in [6, 6.07) is 0. The normalized spacial score (nSPS) is 13.2. The van der Waals surface area contributed by atoms with E-state index < -0.39 is 20.2 Å². The third-order valence-corrected chi connectivity index (χ3v) is 4.41. The second-order valence-corrected chi connectivity index (χ2v) is 7.18. The Morgan fingerprint density at radius 3 is 2.24 bits per heavy atom. The lowest BCUT2D eigenvalue weighted by Gasteiger charge is -2.17. The minimum Gasteiger partial charge on any atom is -0.330 e. The van der Waals surface area contributed by atoms with Crippen molar-refractivity contribution in [1.29, 1.82) is 0 Å². The Labute approximate surface area is 103 Å². The van der Waals surface area contributed by atoms with E-state index in [2.05, 4.69) is 4.72 Å². The number of nitrogens with one attached hydrogen (secondary N) is 1. The van der Waals surface area contributed by atoms with Crippen molar-refractivity contribution in [1.82, 2.24) is 9.03 Å². The fraction of sp³-hybridized carbons (Fsp3) is 1.00. The van der Waals surface area contributed by atoms with Gasteiger partial charge >= 0.3 is 0 Å². The fourth-order valence-corrected chi connectivity index (χ4v) is 2.56. The van der Waals surface area contributed by atoms with Gasteiger partial charge in [-0.05, 0) is 19.4 Å². The molecule has 0 saturated carbocycles. The summed E-state index contributed by atoms with van der Waals surface area (Å²) >= 11 is 0. The number of hydrogen-bond donors (Lipinski definition) is 3. The highest BCUT2D eigenvalue weighted by molar-refractivity contribution is 7.89. The second kappa shape index (κ2) is 7.24. The fourth-order valence-electron chi connectivity index (χ4n) is 1.02. The number of nitrogens with zero attached hydrogens (tertiary/aromatic N) is 1. The smallest absolute Gasteiger partial charge is 0.279 e. The third kappa shape index (κ3) is 8.46. The van der Waals surface area contributed by atoms with Gasteiger partial charge in [0.1, 0.15) is 0 Å². The summed E-state index contributed by atoms with van der Waals surface area (Å²) in [6.07, 6.45) is 0.706. The van der Waals surface area contributed by atoms with Gasteiger partial charge in [-0.1, -0.05) is 0 Å². The minimum atomic E-state index is -3.56. The van der Waals surface area contributed by atoms with Gasteiger partial charge in [-0.25, -0.2) is 18.3 Å². The molecule has 17 heavy (non-hydrogen) atoms. The van der Waals surface area contributed by atoms with Crippen molar-refractivity contribution in [3.8, 4) is 0 Å². The topological polar surface area (TPSA) is 136 Å². The molecule has 0 aromatic rings. The quantitative estimate of drug-likeness (QED) is 0.413. The summed E-state index contributed by atoms with van der Waals surface area (Å²) < 4.78 is 47.7. The molecule has 0 saturated heterocycles. The van der Waals surface area contributed by atoms with Gasteiger partial charge in [-0.15, -0.1) is 0 Å². The van der Waals surface area contributed by atoms with Crippen molar-refractivity contribution < 1.29 is 16.8 Å². The largest absolute Gasteiger partial charge is 0.330 e. The summed E-state index contributed by atoms with van der Waals surface area (Å²) in [7, 11) is -5.67. The van der Waals surface area contributed by atoms with E-state index in [1.165, 1.54) is 7.05 Å². The molecule has 0 bridgehead atoms. The number of nitrogens with two attached hydrogens (primary N) is 2. The first-order chi connectivity index (χ1) is 7.69. The first kappa shape index (κ1) is 16.7. The van der Waals surface area contributed by atoms with E-state index in [1.54, 1.807) is 0 Å². The van der Waals surface area contributed by atoms with Crippen LogP contribution in [0, 0.1) is 0 Å². The Kier molecular flexibility index (Phi) is 7.13. The monoisotopic (exact) mass is 288 g/mol. The second-order valence-electron chi connectivity index (χ2n) is 3.58. The van der Waals surface area contributed by atoms with Gasteiger partial charge in [-0.2, -0.15) is 12.7 Å². The Bertz CT molecular complexity index is 406. The molecule has 0 spiro atoms. The summed E-state index contributed by atoms with van der Waals surface area (Å²) in [4.78, 5) is 0. The summed E-state index contributed by atoms with van der Waals surface area (Å²) in [6.45, 7) is 0.762. The standard InChI is InChI=1S/C7H20N4O4S2/c1-11(6-2-4-8)17(14,15)10-5-3-7-16(9,12)13/h10H,2-8H2,1H3,(H2,9,12,13). The molecule has 0 amide bonds. The molecule has 0 fully saturated rings. The molecule has 5 N–H and O–H groups in total. The molecule has 0 atom stereocenters. The number of sulfonamides is 1. The molecule has 0 aromatic heterocycles. The predicted octanol–water partition coefficient (Wildman–Crippen LogP) is -2.22. The van der Waals surface area contributed by atoms with E-state index in [1.807, 2.05) is 0 Å². The van der Waals surface area contributed by atoms with E-state index in [0.717, 1.165) is 4.31 Å². The molecule has 0 aromatic carbocycles. The van der Waals surface area contributed by atoms with Crippen LogP contribution in [0.3, 0.4) is 0 Å². The van der Waals surface area contributed by atoms with Gasteiger partial charge in [0.2, 0.25) is 10.0 Å². The van der Waals surface area contributed by atoms with Crippen LogP contribution >= 0.6 is 0 Å². The van der Waals surface area contributed by atoms with E-state index >= 15 is 0 Å². The van der Waals surface area contributed by atoms with Crippen molar-refractivity contribution in [3.05, 3.63) is 0 Å². The molecule has 0 radical (unpaired) electrons. The Morgan fingerprint density at radius 2 is 1.76 bits per heavy atom. The molecule has 0 aliphatic heterocycles. The third-order valence-electron chi connectivity index (χ3n) is 1.98. The highest BCUT2D eigenvalue weighted by Crippen LogP contribution is 1.95. The highest BCUT2D eigenvalue weighted by atomic mass is 32.2. The van der Waals surface area contributed by atoms with Crippen molar-refractivity contribution in [2.45, 2.75) is 12.8 Å². The average Bonchev–Trinajstić information content (AvgIpc) is 2.19. The van der Waals surface area contributed by atoms with Crippen LogP contribution in [-0.2, 0) is 20.2 Å². The highest BCUT2D eigenvalue weighted by Gasteiger charge is 2.16. The molecule has 0 unspecified atom stereocenters. The molecular weight excluding hydrogens is 268 g/mol. The van der Waals surface area contributed by atoms with Crippen LogP contribution in [0.25, 0.3) is 0 Å². The van der Waals surface area contributed by atoms with Crippen molar-refractivity contribution in [3.63, 3.8) is 0 Å². The van der Waals surface area contributed by atoms with Crippen LogP contribution in [-0.4, -0.2) is 53.6 Å². The SMILES string of the molecule is CN(CCCN)S(=O)(=O)NCCCS(N)(=O)=O. The Balaban J connectivity index is 4.02. The molecule has 8 nitrogen and oxygen atoms in total. The Morgan fingerprint density at radius 1 is 1.18 bits per heavy atom. The number of rotatable bonds is 9. The Hall–Kier alpha value is -0.260. The summed E-state index contributed by atoms with van der Waals surface area (Å²) in [5.41, 5.74) is 5.27. The van der Waals surface area contributed by atoms with Gasteiger partial charge < -0.3 is 5.73 Å². The van der Waals surface area contributed by atoms with Crippen LogP contribution in [0.5, 0.6) is 0 Å². The van der Waals surface area contributed by atoms with Crippen LogP contribution in [0.2, 0.25) is 0 Å². The summed E-state index contributed by atoms with van der Waals surface area (Å²) in [5, 5.41) is 4.78. The van der Waals surface area contributed by atoms with Gasteiger partial charge in [0.25, 0.3) is 10.2 Å². The van der Waals surface area contributed by atoms with Crippen molar-refractivity contribution in [2.75, 3.05) is 32.4 Å². The van der Waals surface area contributed by atoms with Crippen molar-refractivity contribution >= 4 is 20.2 Å². The molecule has 10 heteroatoms. The zero-order valence-electron chi connectivity index (χ0n) is 9.79. The van der Waals surface area contributed by atoms with Gasteiger partial charge in [0.05, 0.1) is 5.75 Å². The number of primary sulfonamides is 1. The lowest BCUT2D eigenvalue weighted by atomic mass is 10.4. The van der Waals surface area contributed by atoms with E-state index in [0.29, 0.717) is 19.5 Å². The van der Waals surface area contributed by atoms with E-state index in [-0.39, 0.29) is 18.7 Å². The van der Waals surface area contributed by atoms with E-state index in [4.69, 9.17) is 10.9 Å². The van der Waals surface area contributed by atoms with Gasteiger partial charge in [-0.3, -0.25) is 0 Å². The number of hydrogen-bond acceptors (Lipinski definition) is 5. The molecule has 0 aliphatic carbocycles. The van der Waals surface area contributed by atoms with Crippen molar-refractivity contribution in [2.24, 2.45) is 10.9 Å². The zero-order chi connectivity index (χ0) is 13.5. The maximum Gasteiger partial charge on any atom is 0.279 e. The van der Waals surface area contributed by atoms with Crippen LogP contribution in [0.4, 0.5) is 0 Å². The van der Waals surface area contributed by atoms with Crippen LogP contribution in [0.1, 0.15) is 12.8 Å². The lowest BCUT2D eigenvalue weighted by Crippen LogP contribution is -2.40. The maximum absolute atomic E-state index is 11.6. The summed E-state index contributed by atoms with van der Waals surface area (Å²) in [5.74, 6) is -0.248. The molecule has 0 rings (SSSR count). The molecular formula is C7H20N4O4S2. The van der Waals surface area contributed by atoms with E-state index in [9.17, 15) is 16.8 Å². The first-order valence-corrected chi connectivity index (χ1v) is 8.26. The van der Waals surface area contributed by atoms with Gasteiger partial charge in [0.15, 0.2) is 0 Å². The van der Waals surface area contributed by atoms with Crippen LogP contribution < -0.4 is 15.6 Å².